The van der Waals surface area contributed by atoms with E-state index in [1.807, 2.05) is 11.8 Å². The van der Waals surface area contributed by atoms with E-state index in [2.05, 4.69) is 35.7 Å². The molecule has 0 aliphatic heterocycles. The minimum absolute atomic E-state index is 0.618. The molecule has 0 aromatic heterocycles. The van der Waals surface area contributed by atoms with E-state index in [4.69, 9.17) is 0 Å². The molecule has 1 saturated carbocycles. The molecule has 0 aromatic rings. The summed E-state index contributed by atoms with van der Waals surface area (Å²) in [6.45, 7) is 6.38. The second kappa shape index (κ2) is 10.4. The molecule has 112 valence electrons. The standard InChI is InChI=1S/C15H31N3S/c1-4-16-15(17-10-5-6-11-19-3)18-14-9-7-8-13(2)12-14/h13-14H,4-12H2,1-3H3,(H2,16,17,18). The Hall–Kier alpha value is -0.380. The molecular formula is C15H31N3S. The number of thioether (sulfide) groups is 1. The van der Waals surface area contributed by atoms with Gasteiger partial charge in [-0.1, -0.05) is 19.8 Å². The van der Waals surface area contributed by atoms with Crippen LogP contribution in [-0.4, -0.2) is 37.1 Å². The van der Waals surface area contributed by atoms with Crippen LogP contribution in [-0.2, 0) is 0 Å². The zero-order chi connectivity index (χ0) is 13.9. The molecule has 0 heterocycles. The van der Waals surface area contributed by atoms with Gasteiger partial charge < -0.3 is 10.6 Å². The first-order valence-corrected chi connectivity index (χ1v) is 9.19. The summed E-state index contributed by atoms with van der Waals surface area (Å²) < 4.78 is 0. The van der Waals surface area contributed by atoms with Crippen LogP contribution in [0.5, 0.6) is 0 Å². The van der Waals surface area contributed by atoms with Crippen LogP contribution in [0.25, 0.3) is 0 Å². The minimum Gasteiger partial charge on any atom is -0.357 e. The van der Waals surface area contributed by atoms with Crippen molar-refractivity contribution in [1.82, 2.24) is 10.6 Å². The summed E-state index contributed by atoms with van der Waals surface area (Å²) in [5.74, 6) is 3.13. The molecule has 1 aliphatic carbocycles. The minimum atomic E-state index is 0.618. The van der Waals surface area contributed by atoms with Gasteiger partial charge in [-0.3, -0.25) is 4.99 Å². The molecule has 2 atom stereocenters. The largest absolute Gasteiger partial charge is 0.357 e. The second-order valence-electron chi connectivity index (χ2n) is 5.57. The fourth-order valence-corrected chi connectivity index (χ4v) is 3.12. The van der Waals surface area contributed by atoms with E-state index < -0.39 is 0 Å². The SMILES string of the molecule is CCNC(=NCCCCSC)NC1CCCC(C)C1. The third kappa shape index (κ3) is 7.71. The summed E-state index contributed by atoms with van der Waals surface area (Å²) in [7, 11) is 0. The van der Waals surface area contributed by atoms with Crippen molar-refractivity contribution in [2.24, 2.45) is 10.9 Å². The van der Waals surface area contributed by atoms with Gasteiger partial charge in [0.15, 0.2) is 5.96 Å². The third-order valence-corrected chi connectivity index (χ3v) is 4.34. The zero-order valence-electron chi connectivity index (χ0n) is 12.9. The number of guanidine groups is 1. The fourth-order valence-electron chi connectivity index (χ4n) is 2.63. The number of unbranched alkanes of at least 4 members (excludes halogenated alkanes) is 1. The normalized spacial score (nSPS) is 24.3. The van der Waals surface area contributed by atoms with Gasteiger partial charge in [-0.25, -0.2) is 0 Å². The van der Waals surface area contributed by atoms with Crippen molar-refractivity contribution in [1.29, 1.82) is 0 Å². The van der Waals surface area contributed by atoms with E-state index in [9.17, 15) is 0 Å². The molecule has 4 heteroatoms. The molecule has 0 saturated heterocycles. The van der Waals surface area contributed by atoms with Gasteiger partial charge in [0.05, 0.1) is 0 Å². The van der Waals surface area contributed by atoms with E-state index in [0.29, 0.717) is 6.04 Å². The molecule has 1 rings (SSSR count). The van der Waals surface area contributed by atoms with E-state index in [1.54, 1.807) is 0 Å². The maximum absolute atomic E-state index is 4.69. The highest BCUT2D eigenvalue weighted by Crippen LogP contribution is 2.23. The van der Waals surface area contributed by atoms with Crippen LogP contribution < -0.4 is 10.6 Å². The highest BCUT2D eigenvalue weighted by atomic mass is 32.2. The first kappa shape index (κ1) is 16.7. The van der Waals surface area contributed by atoms with Gasteiger partial charge in [0.2, 0.25) is 0 Å². The van der Waals surface area contributed by atoms with E-state index >= 15 is 0 Å². The van der Waals surface area contributed by atoms with Crippen molar-refractivity contribution in [3.63, 3.8) is 0 Å². The lowest BCUT2D eigenvalue weighted by Crippen LogP contribution is -2.45. The molecule has 0 amide bonds. The Morgan fingerprint density at radius 2 is 2.16 bits per heavy atom. The summed E-state index contributed by atoms with van der Waals surface area (Å²) in [6.07, 6.45) is 9.95. The van der Waals surface area contributed by atoms with Crippen molar-refractivity contribution in [2.75, 3.05) is 25.1 Å². The maximum Gasteiger partial charge on any atom is 0.191 e. The van der Waals surface area contributed by atoms with Crippen LogP contribution in [0.4, 0.5) is 0 Å². The van der Waals surface area contributed by atoms with Gasteiger partial charge in [-0.05, 0) is 50.5 Å². The van der Waals surface area contributed by atoms with Crippen molar-refractivity contribution in [3.8, 4) is 0 Å². The number of rotatable bonds is 7. The lowest BCUT2D eigenvalue weighted by atomic mass is 9.87. The Labute approximate surface area is 123 Å². The summed E-state index contributed by atoms with van der Waals surface area (Å²) in [4.78, 5) is 4.69. The lowest BCUT2D eigenvalue weighted by molar-refractivity contribution is 0.324. The lowest BCUT2D eigenvalue weighted by Gasteiger charge is -2.28. The average molecular weight is 286 g/mol. The molecule has 1 aliphatic rings. The number of nitrogens with zero attached hydrogens (tertiary/aromatic N) is 1. The Bertz CT molecular complexity index is 256. The van der Waals surface area contributed by atoms with Crippen molar-refractivity contribution in [2.45, 2.75) is 58.4 Å². The second-order valence-corrected chi connectivity index (χ2v) is 6.56. The Kier molecular flexibility index (Phi) is 9.14. The molecular weight excluding hydrogens is 254 g/mol. The quantitative estimate of drug-likeness (QED) is 0.428. The number of hydrogen-bond acceptors (Lipinski definition) is 2. The summed E-state index contributed by atoms with van der Waals surface area (Å²) >= 11 is 1.92. The highest BCUT2D eigenvalue weighted by molar-refractivity contribution is 7.98. The first-order chi connectivity index (χ1) is 9.26. The van der Waals surface area contributed by atoms with Crippen LogP contribution in [0, 0.1) is 5.92 Å². The predicted octanol–water partition coefficient (Wildman–Crippen LogP) is 3.26. The van der Waals surface area contributed by atoms with Crippen LogP contribution in [0.15, 0.2) is 4.99 Å². The Balaban J connectivity index is 2.31. The van der Waals surface area contributed by atoms with E-state index in [1.165, 1.54) is 44.3 Å². The molecule has 0 bridgehead atoms. The first-order valence-electron chi connectivity index (χ1n) is 7.80. The van der Waals surface area contributed by atoms with Gasteiger partial charge in [-0.2, -0.15) is 11.8 Å². The molecule has 2 unspecified atom stereocenters. The van der Waals surface area contributed by atoms with Crippen molar-refractivity contribution < 1.29 is 0 Å². The molecule has 0 spiro atoms. The van der Waals surface area contributed by atoms with Crippen LogP contribution in [0.2, 0.25) is 0 Å². The van der Waals surface area contributed by atoms with E-state index in [-0.39, 0.29) is 0 Å². The molecule has 2 N–H and O–H groups in total. The van der Waals surface area contributed by atoms with Crippen molar-refractivity contribution >= 4 is 17.7 Å². The Morgan fingerprint density at radius 3 is 2.84 bits per heavy atom. The van der Waals surface area contributed by atoms with Crippen LogP contribution >= 0.6 is 11.8 Å². The van der Waals surface area contributed by atoms with Gasteiger partial charge >= 0.3 is 0 Å². The predicted molar refractivity (Wildman–Crippen MR) is 88.2 cm³/mol. The molecule has 1 fully saturated rings. The van der Waals surface area contributed by atoms with Gasteiger partial charge in [0.1, 0.15) is 0 Å². The average Bonchev–Trinajstić information content (AvgIpc) is 2.38. The number of aliphatic imine (C=N–C) groups is 1. The Morgan fingerprint density at radius 1 is 1.32 bits per heavy atom. The van der Waals surface area contributed by atoms with Gasteiger partial charge in [0, 0.05) is 19.1 Å². The van der Waals surface area contributed by atoms with E-state index in [0.717, 1.165) is 25.0 Å². The molecule has 0 radical (unpaired) electrons. The summed E-state index contributed by atoms with van der Waals surface area (Å²) in [5.41, 5.74) is 0. The highest BCUT2D eigenvalue weighted by Gasteiger charge is 2.19. The third-order valence-electron chi connectivity index (χ3n) is 3.65. The molecule has 0 aromatic carbocycles. The zero-order valence-corrected chi connectivity index (χ0v) is 13.7. The van der Waals surface area contributed by atoms with Crippen molar-refractivity contribution in [3.05, 3.63) is 0 Å². The van der Waals surface area contributed by atoms with Crippen LogP contribution in [0.3, 0.4) is 0 Å². The molecule has 19 heavy (non-hydrogen) atoms. The van der Waals surface area contributed by atoms with Gasteiger partial charge in [-0.15, -0.1) is 0 Å². The number of nitrogens with one attached hydrogen (secondary N) is 2. The monoisotopic (exact) mass is 285 g/mol. The summed E-state index contributed by atoms with van der Waals surface area (Å²) in [6, 6.07) is 0.618. The number of hydrogen-bond donors (Lipinski definition) is 2. The van der Waals surface area contributed by atoms with Gasteiger partial charge in [0.25, 0.3) is 0 Å². The summed E-state index contributed by atoms with van der Waals surface area (Å²) in [5, 5.41) is 6.98. The topological polar surface area (TPSA) is 36.4 Å². The van der Waals surface area contributed by atoms with Crippen LogP contribution in [0.1, 0.15) is 52.4 Å². The smallest absolute Gasteiger partial charge is 0.191 e. The maximum atomic E-state index is 4.69. The molecule has 3 nitrogen and oxygen atoms in total. The fraction of sp³-hybridized carbons (Fsp3) is 0.933.